The number of rotatable bonds is 4. The second-order valence-corrected chi connectivity index (χ2v) is 7.09. The lowest BCUT2D eigenvalue weighted by Gasteiger charge is -2.31. The summed E-state index contributed by atoms with van der Waals surface area (Å²) in [6.45, 7) is 4.30. The Kier molecular flexibility index (Phi) is 5.04. The van der Waals surface area contributed by atoms with Crippen LogP contribution in [-0.2, 0) is 17.2 Å². The van der Waals surface area contributed by atoms with E-state index in [1.165, 1.54) is 20.8 Å². The quantitative estimate of drug-likeness (QED) is 0.525. The maximum absolute atomic E-state index is 14.4. The van der Waals surface area contributed by atoms with E-state index in [0.29, 0.717) is 12.1 Å². The lowest BCUT2D eigenvalue weighted by Crippen LogP contribution is -2.53. The fourth-order valence-corrected chi connectivity index (χ4v) is 2.06. The summed E-state index contributed by atoms with van der Waals surface area (Å²) in [4.78, 5) is 0. The van der Waals surface area contributed by atoms with Crippen LogP contribution in [0.1, 0.15) is 26.3 Å². The molecular weight excluding hydrogens is 301 g/mol. The van der Waals surface area contributed by atoms with E-state index in [9.17, 15) is 26.5 Å². The van der Waals surface area contributed by atoms with Gasteiger partial charge in [0.05, 0.1) is 0 Å². The van der Waals surface area contributed by atoms with Crippen molar-refractivity contribution in [3.8, 4) is 0 Å². The van der Waals surface area contributed by atoms with Crippen molar-refractivity contribution in [2.24, 2.45) is 0 Å². The molecule has 0 radical (unpaired) electrons. The van der Waals surface area contributed by atoms with Gasteiger partial charge in [0.2, 0.25) is 0 Å². The Morgan fingerprint density at radius 1 is 1.20 bits per heavy atom. The predicted octanol–water partition coefficient (Wildman–Crippen LogP) is 3.40. The highest BCUT2D eigenvalue weighted by Gasteiger charge is 2.50. The van der Waals surface area contributed by atoms with E-state index in [4.69, 9.17) is 0 Å². The molecule has 114 valence electrons. The number of hydrogen-bond acceptors (Lipinski definition) is 2. The third-order valence-electron chi connectivity index (χ3n) is 2.42. The summed E-state index contributed by atoms with van der Waals surface area (Å²) in [5.74, 6) is -6.18. The normalized spacial score (nSPS) is 17.1. The molecule has 1 aromatic rings. The van der Waals surface area contributed by atoms with Crippen LogP contribution in [0, 0.1) is 11.6 Å². The summed E-state index contributed by atoms with van der Waals surface area (Å²) < 4.78 is 78.9. The van der Waals surface area contributed by atoms with Gasteiger partial charge in [0.25, 0.3) is 12.2 Å². The molecule has 0 fully saturated rings. The van der Waals surface area contributed by atoms with Crippen molar-refractivity contribution in [3.05, 3.63) is 35.4 Å². The zero-order valence-electron chi connectivity index (χ0n) is 11.0. The molecule has 0 amide bonds. The van der Waals surface area contributed by atoms with Crippen LogP contribution >= 0.6 is 0 Å². The van der Waals surface area contributed by atoms with Crippen LogP contribution < -0.4 is 4.72 Å². The van der Waals surface area contributed by atoms with Gasteiger partial charge in [-0.3, -0.25) is 0 Å². The van der Waals surface area contributed by atoms with Crippen LogP contribution in [0.5, 0.6) is 0 Å². The molecule has 2 atom stereocenters. The molecule has 1 N–H and O–H groups in total. The Labute approximate surface area is 116 Å². The Hall–Kier alpha value is -0.860. The largest absolute Gasteiger partial charge is 0.598 e. The van der Waals surface area contributed by atoms with Crippen LogP contribution in [0.4, 0.5) is 22.0 Å². The second kappa shape index (κ2) is 5.87. The van der Waals surface area contributed by atoms with Gasteiger partial charge in [0.1, 0.15) is 16.4 Å². The molecule has 0 heterocycles. The summed E-state index contributed by atoms with van der Waals surface area (Å²) in [5.41, 5.74) is -1.09. The average Bonchev–Trinajstić information content (AvgIpc) is 2.26. The van der Waals surface area contributed by atoms with Gasteiger partial charge in [0, 0.05) is 23.0 Å². The molecule has 0 aromatic heterocycles. The topological polar surface area (TPSA) is 35.1 Å². The van der Waals surface area contributed by atoms with E-state index in [0.717, 1.165) is 0 Å². The molecule has 1 aromatic carbocycles. The number of halogens is 5. The Balaban J connectivity index is 3.22. The van der Waals surface area contributed by atoms with Gasteiger partial charge in [-0.1, -0.05) is 4.72 Å². The molecule has 2 nitrogen and oxygen atoms in total. The summed E-state index contributed by atoms with van der Waals surface area (Å²) in [6.07, 6.45) is -3.69. The van der Waals surface area contributed by atoms with Crippen LogP contribution in [-0.4, -0.2) is 15.7 Å². The maximum atomic E-state index is 14.4. The molecule has 20 heavy (non-hydrogen) atoms. The van der Waals surface area contributed by atoms with Gasteiger partial charge in [0.15, 0.2) is 0 Å². The summed E-state index contributed by atoms with van der Waals surface area (Å²) >= 11 is -2.21. The van der Waals surface area contributed by atoms with Crippen molar-refractivity contribution >= 4 is 11.4 Å². The van der Waals surface area contributed by atoms with Gasteiger partial charge < -0.3 is 4.55 Å². The Bertz CT molecular complexity index is 479. The third kappa shape index (κ3) is 3.62. The fourth-order valence-electron chi connectivity index (χ4n) is 1.29. The number of hydrogen-bond donors (Lipinski definition) is 1. The van der Waals surface area contributed by atoms with Crippen molar-refractivity contribution in [3.63, 3.8) is 0 Å². The summed E-state index contributed by atoms with van der Waals surface area (Å²) in [6, 6.07) is 1.49. The number of benzene rings is 1. The fraction of sp³-hybridized carbons (Fsp3) is 0.500. The minimum absolute atomic E-state index is 0.285. The molecule has 1 rings (SSSR count). The van der Waals surface area contributed by atoms with Crippen LogP contribution in [0.25, 0.3) is 0 Å². The van der Waals surface area contributed by atoms with Crippen LogP contribution in [0.15, 0.2) is 18.2 Å². The summed E-state index contributed by atoms with van der Waals surface area (Å²) in [5, 5.41) is 0. The highest BCUT2D eigenvalue weighted by Crippen LogP contribution is 2.34. The van der Waals surface area contributed by atoms with Crippen LogP contribution in [0.3, 0.4) is 0 Å². The smallest absolute Gasteiger partial charge is 0.293 e. The van der Waals surface area contributed by atoms with E-state index < -0.39 is 45.5 Å². The first-order valence-corrected chi connectivity index (χ1v) is 6.75. The Morgan fingerprint density at radius 3 is 2.15 bits per heavy atom. The highest BCUT2D eigenvalue weighted by atomic mass is 32.2. The lowest BCUT2D eigenvalue weighted by atomic mass is 10.1. The molecule has 0 bridgehead atoms. The number of alkyl halides is 3. The zero-order valence-corrected chi connectivity index (χ0v) is 11.8. The molecule has 0 aliphatic carbocycles. The Morgan fingerprint density at radius 2 is 1.75 bits per heavy atom. The molecule has 8 heteroatoms. The zero-order chi connectivity index (χ0) is 15.7. The van der Waals surface area contributed by atoms with Gasteiger partial charge in [-0.05, 0) is 32.9 Å². The molecular formula is C12H14F5NOS. The second-order valence-electron chi connectivity index (χ2n) is 5.12. The minimum Gasteiger partial charge on any atom is -0.598 e. The monoisotopic (exact) mass is 315 g/mol. The van der Waals surface area contributed by atoms with Gasteiger partial charge in [-0.15, -0.1) is 0 Å². The van der Waals surface area contributed by atoms with Crippen molar-refractivity contribution in [2.75, 3.05) is 0 Å². The first-order chi connectivity index (χ1) is 8.98. The highest BCUT2D eigenvalue weighted by molar-refractivity contribution is 7.90. The average molecular weight is 315 g/mol. The van der Waals surface area contributed by atoms with Gasteiger partial charge >= 0.3 is 0 Å². The number of nitrogens with one attached hydrogen (secondary N) is 1. The van der Waals surface area contributed by atoms with Gasteiger partial charge in [-0.25, -0.2) is 22.0 Å². The van der Waals surface area contributed by atoms with E-state index in [1.54, 1.807) is 4.72 Å². The molecule has 0 aliphatic heterocycles. The minimum atomic E-state index is -3.69. The molecule has 2 unspecified atom stereocenters. The SMILES string of the molecule is CC(C)(C)[S+]([O-])NC(F)(c1ccc(F)cc1F)C(F)F. The van der Waals surface area contributed by atoms with Crippen LogP contribution in [0.2, 0.25) is 0 Å². The first kappa shape index (κ1) is 17.2. The van der Waals surface area contributed by atoms with E-state index in [1.807, 2.05) is 0 Å². The van der Waals surface area contributed by atoms with Gasteiger partial charge in [-0.2, -0.15) is 0 Å². The molecule has 0 aliphatic rings. The molecule has 0 saturated carbocycles. The van der Waals surface area contributed by atoms with E-state index in [-0.39, 0.29) is 6.07 Å². The van der Waals surface area contributed by atoms with Crippen molar-refractivity contribution < 1.29 is 26.5 Å². The predicted molar refractivity (Wildman–Crippen MR) is 66.2 cm³/mol. The molecule has 0 spiro atoms. The van der Waals surface area contributed by atoms with Crippen molar-refractivity contribution in [2.45, 2.75) is 37.7 Å². The van der Waals surface area contributed by atoms with Crippen molar-refractivity contribution in [1.29, 1.82) is 0 Å². The van der Waals surface area contributed by atoms with E-state index >= 15 is 0 Å². The third-order valence-corrected chi connectivity index (χ3v) is 4.02. The van der Waals surface area contributed by atoms with Crippen molar-refractivity contribution in [1.82, 2.24) is 4.72 Å². The van der Waals surface area contributed by atoms with E-state index in [2.05, 4.69) is 0 Å². The first-order valence-electron chi connectivity index (χ1n) is 5.61. The standard InChI is InChI=1S/C12H14F5NOS/c1-11(2,3)20(19)18-12(17,10(15)16)8-5-4-7(13)6-9(8)14/h4-6,10,18H,1-3H3. The molecule has 0 saturated heterocycles. The lowest BCUT2D eigenvalue weighted by molar-refractivity contribution is -0.0499. The maximum Gasteiger partial charge on any atom is 0.293 e. The summed E-state index contributed by atoms with van der Waals surface area (Å²) in [7, 11) is 0.